The number of rotatable bonds is 7. The average Bonchev–Trinajstić information content (AvgIpc) is 2.36. The lowest BCUT2D eigenvalue weighted by Gasteiger charge is -2.32. The van der Waals surface area contributed by atoms with Crippen molar-refractivity contribution in [3.8, 4) is 12.1 Å². The average molecular weight is 249 g/mol. The highest BCUT2D eigenvalue weighted by molar-refractivity contribution is 5.85. The van der Waals surface area contributed by atoms with Gasteiger partial charge in [0.15, 0.2) is 0 Å². The van der Waals surface area contributed by atoms with Crippen LogP contribution < -0.4 is 0 Å². The summed E-state index contributed by atoms with van der Waals surface area (Å²) in [5.41, 5.74) is -0.915. The van der Waals surface area contributed by atoms with E-state index in [2.05, 4.69) is 12.1 Å². The van der Waals surface area contributed by atoms with Gasteiger partial charge in [-0.3, -0.25) is 4.79 Å². The Labute approximate surface area is 110 Å². The van der Waals surface area contributed by atoms with E-state index in [9.17, 15) is 10.1 Å². The Balaban J connectivity index is 5.08. The van der Waals surface area contributed by atoms with Gasteiger partial charge in [0.1, 0.15) is 5.41 Å². The first-order valence-electron chi connectivity index (χ1n) is 6.54. The topological polar surface area (TPSA) is 67.9 Å². The van der Waals surface area contributed by atoms with E-state index in [1.165, 1.54) is 0 Å². The van der Waals surface area contributed by atoms with Gasteiger partial charge in [-0.2, -0.15) is 10.5 Å². The Kier molecular flexibility index (Phi) is 7.05. The SMILES string of the molecule is CCCC(C#N)(CCC)C(=O)N(C)C(C)CC#N. The van der Waals surface area contributed by atoms with E-state index in [4.69, 9.17) is 5.26 Å². The summed E-state index contributed by atoms with van der Waals surface area (Å²) in [4.78, 5) is 14.0. The van der Waals surface area contributed by atoms with Crippen molar-refractivity contribution in [3.63, 3.8) is 0 Å². The molecule has 0 aliphatic carbocycles. The fraction of sp³-hybridized carbons (Fsp3) is 0.786. The second-order valence-electron chi connectivity index (χ2n) is 4.82. The van der Waals surface area contributed by atoms with Crippen molar-refractivity contribution in [1.82, 2.24) is 4.90 Å². The molecule has 0 aromatic heterocycles. The maximum absolute atomic E-state index is 12.5. The zero-order valence-corrected chi connectivity index (χ0v) is 11.9. The minimum absolute atomic E-state index is 0.142. The summed E-state index contributed by atoms with van der Waals surface area (Å²) >= 11 is 0. The van der Waals surface area contributed by atoms with Crippen LogP contribution in [-0.4, -0.2) is 23.9 Å². The van der Waals surface area contributed by atoms with Crippen molar-refractivity contribution in [2.75, 3.05) is 7.05 Å². The minimum atomic E-state index is -0.915. The second kappa shape index (κ2) is 7.71. The fourth-order valence-corrected chi connectivity index (χ4v) is 2.16. The quantitative estimate of drug-likeness (QED) is 0.696. The van der Waals surface area contributed by atoms with E-state index >= 15 is 0 Å². The van der Waals surface area contributed by atoms with Gasteiger partial charge >= 0.3 is 0 Å². The molecule has 1 atom stereocenters. The molecule has 1 unspecified atom stereocenters. The van der Waals surface area contributed by atoms with Crippen molar-refractivity contribution < 1.29 is 4.79 Å². The molecule has 0 spiro atoms. The summed E-state index contributed by atoms with van der Waals surface area (Å²) in [5, 5.41) is 18.1. The molecule has 0 saturated heterocycles. The molecule has 0 aliphatic rings. The fourth-order valence-electron chi connectivity index (χ4n) is 2.16. The van der Waals surface area contributed by atoms with Gasteiger partial charge in [-0.05, 0) is 19.8 Å². The molecule has 100 valence electrons. The lowest BCUT2D eigenvalue weighted by atomic mass is 9.79. The van der Waals surface area contributed by atoms with Crippen LogP contribution in [0.25, 0.3) is 0 Å². The molecule has 4 heteroatoms. The molecule has 1 amide bonds. The van der Waals surface area contributed by atoms with Crippen LogP contribution in [0.4, 0.5) is 0 Å². The van der Waals surface area contributed by atoms with Crippen LogP contribution >= 0.6 is 0 Å². The Morgan fingerprint density at radius 2 is 1.78 bits per heavy atom. The summed E-state index contributed by atoms with van der Waals surface area (Å²) < 4.78 is 0. The van der Waals surface area contributed by atoms with Gasteiger partial charge in [0.05, 0.1) is 18.6 Å². The largest absolute Gasteiger partial charge is 0.341 e. The van der Waals surface area contributed by atoms with Crippen LogP contribution in [0.3, 0.4) is 0 Å². The number of carbonyl (C=O) groups excluding carboxylic acids is 1. The highest BCUT2D eigenvalue weighted by Crippen LogP contribution is 2.32. The van der Waals surface area contributed by atoms with Crippen molar-refractivity contribution >= 4 is 5.91 Å². The maximum Gasteiger partial charge on any atom is 0.243 e. The lowest BCUT2D eigenvalue weighted by Crippen LogP contribution is -2.45. The first-order chi connectivity index (χ1) is 8.48. The third-order valence-electron chi connectivity index (χ3n) is 3.35. The van der Waals surface area contributed by atoms with E-state index in [0.717, 1.165) is 12.8 Å². The first kappa shape index (κ1) is 16.4. The van der Waals surface area contributed by atoms with Crippen molar-refractivity contribution in [3.05, 3.63) is 0 Å². The molecule has 0 aromatic rings. The second-order valence-corrected chi connectivity index (χ2v) is 4.82. The standard InChI is InChI=1S/C14H23N3O/c1-5-8-14(11-16,9-6-2)13(18)17(4)12(3)7-10-15/h12H,5-9H2,1-4H3. The molecule has 0 aromatic carbocycles. The lowest BCUT2D eigenvalue weighted by molar-refractivity contribution is -0.140. The van der Waals surface area contributed by atoms with Gasteiger partial charge in [0, 0.05) is 13.1 Å². The summed E-state index contributed by atoms with van der Waals surface area (Å²) in [6.45, 7) is 5.79. The Bertz CT molecular complexity index is 345. The molecular formula is C14H23N3O. The summed E-state index contributed by atoms with van der Waals surface area (Å²) in [6.07, 6.45) is 3.07. The maximum atomic E-state index is 12.5. The predicted octanol–water partition coefficient (Wildman–Crippen LogP) is 2.86. The van der Waals surface area contributed by atoms with E-state index in [1.807, 2.05) is 20.8 Å². The van der Waals surface area contributed by atoms with Crippen LogP contribution in [0.2, 0.25) is 0 Å². The van der Waals surface area contributed by atoms with Crippen LogP contribution in [-0.2, 0) is 4.79 Å². The smallest absolute Gasteiger partial charge is 0.243 e. The van der Waals surface area contributed by atoms with Crippen LogP contribution in [0.5, 0.6) is 0 Å². The highest BCUT2D eigenvalue weighted by atomic mass is 16.2. The third kappa shape index (κ3) is 3.74. The van der Waals surface area contributed by atoms with Crippen molar-refractivity contribution in [2.24, 2.45) is 5.41 Å². The van der Waals surface area contributed by atoms with Crippen molar-refractivity contribution in [2.45, 2.75) is 58.9 Å². The predicted molar refractivity (Wildman–Crippen MR) is 70.3 cm³/mol. The molecule has 0 N–H and O–H groups in total. The molecule has 0 bridgehead atoms. The molecule has 0 radical (unpaired) electrons. The zero-order valence-electron chi connectivity index (χ0n) is 11.9. The number of hydrogen-bond acceptors (Lipinski definition) is 3. The summed E-state index contributed by atoms with van der Waals surface area (Å²) in [5.74, 6) is -0.142. The molecule has 0 fully saturated rings. The minimum Gasteiger partial charge on any atom is -0.341 e. The molecule has 4 nitrogen and oxygen atoms in total. The number of nitriles is 2. The van der Waals surface area contributed by atoms with Gasteiger partial charge in [0.25, 0.3) is 0 Å². The van der Waals surface area contributed by atoms with E-state index in [-0.39, 0.29) is 11.9 Å². The highest BCUT2D eigenvalue weighted by Gasteiger charge is 2.40. The molecule has 0 heterocycles. The van der Waals surface area contributed by atoms with Gasteiger partial charge in [-0.25, -0.2) is 0 Å². The van der Waals surface area contributed by atoms with Gasteiger partial charge in [-0.1, -0.05) is 26.7 Å². The van der Waals surface area contributed by atoms with Crippen LogP contribution in [0.15, 0.2) is 0 Å². The molecule has 0 saturated carbocycles. The van der Waals surface area contributed by atoms with Gasteiger partial charge in [-0.15, -0.1) is 0 Å². The molecule has 0 rings (SSSR count). The summed E-state index contributed by atoms with van der Waals surface area (Å²) in [6, 6.07) is 4.13. The molecule has 18 heavy (non-hydrogen) atoms. The summed E-state index contributed by atoms with van der Waals surface area (Å²) in [7, 11) is 1.68. The number of carbonyl (C=O) groups is 1. The van der Waals surface area contributed by atoms with Crippen molar-refractivity contribution in [1.29, 1.82) is 10.5 Å². The van der Waals surface area contributed by atoms with E-state index in [0.29, 0.717) is 19.3 Å². The number of amides is 1. The monoisotopic (exact) mass is 249 g/mol. The van der Waals surface area contributed by atoms with E-state index < -0.39 is 5.41 Å². The Morgan fingerprint density at radius 1 is 1.28 bits per heavy atom. The van der Waals surface area contributed by atoms with E-state index in [1.54, 1.807) is 11.9 Å². The van der Waals surface area contributed by atoms with Gasteiger partial charge in [0.2, 0.25) is 5.91 Å². The molecular weight excluding hydrogens is 226 g/mol. The van der Waals surface area contributed by atoms with Crippen LogP contribution in [0.1, 0.15) is 52.9 Å². The van der Waals surface area contributed by atoms with Crippen LogP contribution in [0, 0.1) is 28.1 Å². The first-order valence-corrected chi connectivity index (χ1v) is 6.54. The Morgan fingerprint density at radius 3 is 2.11 bits per heavy atom. The zero-order chi connectivity index (χ0) is 14.2. The van der Waals surface area contributed by atoms with Gasteiger partial charge < -0.3 is 4.90 Å². The number of hydrogen-bond donors (Lipinski definition) is 0. The normalized spacial score (nSPS) is 12.3. The number of nitrogens with zero attached hydrogens (tertiary/aromatic N) is 3. The Hall–Kier alpha value is -1.55. The third-order valence-corrected chi connectivity index (χ3v) is 3.35. The molecule has 0 aliphatic heterocycles.